The Bertz CT molecular complexity index is 465. The highest BCUT2D eigenvalue weighted by molar-refractivity contribution is 7.89. The van der Waals surface area contributed by atoms with Crippen LogP contribution in [0.4, 0.5) is 4.39 Å². The van der Waals surface area contributed by atoms with Gasteiger partial charge in [0.05, 0.1) is 6.61 Å². The molecule has 1 rings (SSSR count). The zero-order valence-electron chi connectivity index (χ0n) is 10.1. The van der Waals surface area contributed by atoms with E-state index in [0.717, 1.165) is 6.07 Å². The van der Waals surface area contributed by atoms with E-state index in [1.165, 1.54) is 18.2 Å². The highest BCUT2D eigenvalue weighted by atomic mass is 32.2. The van der Waals surface area contributed by atoms with Crippen LogP contribution in [0, 0.1) is 5.82 Å². The van der Waals surface area contributed by atoms with Gasteiger partial charge in [-0.15, -0.1) is 0 Å². The second-order valence-electron chi connectivity index (χ2n) is 3.57. The Morgan fingerprint density at radius 1 is 1.22 bits per heavy atom. The second kappa shape index (κ2) is 7.42. The van der Waals surface area contributed by atoms with Crippen molar-refractivity contribution in [3.05, 3.63) is 30.1 Å². The smallest absolute Gasteiger partial charge is 0.243 e. The first-order chi connectivity index (χ1) is 8.58. The molecule has 5 nitrogen and oxygen atoms in total. The fraction of sp³-hybridized carbons (Fsp3) is 0.455. The van der Waals surface area contributed by atoms with Gasteiger partial charge in [-0.3, -0.25) is 0 Å². The van der Waals surface area contributed by atoms with E-state index in [4.69, 9.17) is 4.74 Å². The summed E-state index contributed by atoms with van der Waals surface area (Å²) in [6.07, 6.45) is 0. The fourth-order valence-corrected chi connectivity index (χ4v) is 2.42. The predicted octanol–water partition coefficient (Wildman–Crippen LogP) is 0.340. The molecule has 0 atom stereocenters. The Labute approximate surface area is 106 Å². The lowest BCUT2D eigenvalue weighted by Gasteiger charge is -2.08. The summed E-state index contributed by atoms with van der Waals surface area (Å²) in [6.45, 7) is 1.84. The summed E-state index contributed by atoms with van der Waals surface area (Å²) in [5.41, 5.74) is 0. The van der Waals surface area contributed by atoms with E-state index >= 15 is 0 Å². The Morgan fingerprint density at radius 2 is 1.94 bits per heavy atom. The molecule has 0 amide bonds. The van der Waals surface area contributed by atoms with Crippen LogP contribution in [-0.4, -0.2) is 41.8 Å². The third-order valence-electron chi connectivity index (χ3n) is 2.20. The molecule has 102 valence electrons. The van der Waals surface area contributed by atoms with Crippen molar-refractivity contribution >= 4 is 10.0 Å². The molecule has 0 spiro atoms. The van der Waals surface area contributed by atoms with Crippen LogP contribution in [0.5, 0.6) is 0 Å². The first kappa shape index (κ1) is 15.0. The van der Waals surface area contributed by atoms with Crippen LogP contribution < -0.4 is 10.0 Å². The van der Waals surface area contributed by atoms with Gasteiger partial charge in [0.25, 0.3) is 0 Å². The molecule has 1 aromatic carbocycles. The van der Waals surface area contributed by atoms with Gasteiger partial charge in [0.15, 0.2) is 0 Å². The highest BCUT2D eigenvalue weighted by Gasteiger charge is 2.17. The van der Waals surface area contributed by atoms with Crippen LogP contribution in [0.25, 0.3) is 0 Å². The Kier molecular flexibility index (Phi) is 6.20. The quantitative estimate of drug-likeness (QED) is 0.672. The van der Waals surface area contributed by atoms with Gasteiger partial charge >= 0.3 is 0 Å². The molecule has 0 fully saturated rings. The number of benzene rings is 1. The maximum absolute atomic E-state index is 13.3. The third kappa shape index (κ3) is 4.69. The molecule has 0 saturated heterocycles. The van der Waals surface area contributed by atoms with Crippen LogP contribution in [0.3, 0.4) is 0 Å². The molecule has 0 aromatic heterocycles. The van der Waals surface area contributed by atoms with Crippen molar-refractivity contribution in [2.24, 2.45) is 0 Å². The molecular weight excluding hydrogens is 259 g/mol. The number of nitrogens with one attached hydrogen (secondary N) is 2. The van der Waals surface area contributed by atoms with E-state index in [1.54, 1.807) is 7.11 Å². The molecule has 0 unspecified atom stereocenters. The standard InChI is InChI=1S/C11H17FN2O3S/c1-17-9-8-13-6-7-14-18(15,16)11-5-3-2-4-10(11)12/h2-5,13-14H,6-9H2,1H3. The maximum atomic E-state index is 13.3. The number of hydrogen-bond donors (Lipinski definition) is 2. The van der Waals surface area contributed by atoms with Gasteiger partial charge in [0.1, 0.15) is 10.7 Å². The van der Waals surface area contributed by atoms with Crippen molar-refractivity contribution in [3.8, 4) is 0 Å². The van der Waals surface area contributed by atoms with E-state index in [2.05, 4.69) is 10.0 Å². The molecule has 0 heterocycles. The number of methoxy groups -OCH3 is 1. The number of ether oxygens (including phenoxy) is 1. The lowest BCUT2D eigenvalue weighted by Crippen LogP contribution is -2.33. The Morgan fingerprint density at radius 3 is 2.61 bits per heavy atom. The molecular formula is C11H17FN2O3S. The molecule has 2 N–H and O–H groups in total. The van der Waals surface area contributed by atoms with E-state index < -0.39 is 15.8 Å². The minimum absolute atomic E-state index is 0.195. The zero-order valence-corrected chi connectivity index (χ0v) is 11.0. The normalized spacial score (nSPS) is 11.7. The minimum atomic E-state index is -3.78. The molecule has 0 aliphatic heterocycles. The Hall–Kier alpha value is -1.02. The number of halogens is 1. The molecule has 1 aromatic rings. The Balaban J connectivity index is 2.44. The monoisotopic (exact) mass is 276 g/mol. The lowest BCUT2D eigenvalue weighted by atomic mass is 10.4. The number of hydrogen-bond acceptors (Lipinski definition) is 4. The van der Waals surface area contributed by atoms with E-state index in [9.17, 15) is 12.8 Å². The van der Waals surface area contributed by atoms with E-state index in [-0.39, 0.29) is 11.4 Å². The summed E-state index contributed by atoms with van der Waals surface area (Å²) in [5.74, 6) is -0.752. The van der Waals surface area contributed by atoms with Gasteiger partial charge < -0.3 is 10.1 Å². The van der Waals surface area contributed by atoms with Crippen molar-refractivity contribution < 1.29 is 17.5 Å². The van der Waals surface area contributed by atoms with Crippen molar-refractivity contribution in [1.82, 2.24) is 10.0 Å². The van der Waals surface area contributed by atoms with Gasteiger partial charge in [-0.25, -0.2) is 17.5 Å². The predicted molar refractivity (Wildman–Crippen MR) is 66.3 cm³/mol. The molecule has 18 heavy (non-hydrogen) atoms. The van der Waals surface area contributed by atoms with Crippen LogP contribution in [-0.2, 0) is 14.8 Å². The summed E-state index contributed by atoms with van der Waals surface area (Å²) in [5, 5.41) is 2.98. The van der Waals surface area contributed by atoms with E-state index in [0.29, 0.717) is 19.7 Å². The van der Waals surface area contributed by atoms with Gasteiger partial charge in [-0.05, 0) is 12.1 Å². The second-order valence-corrected chi connectivity index (χ2v) is 5.31. The van der Waals surface area contributed by atoms with Crippen molar-refractivity contribution in [3.63, 3.8) is 0 Å². The molecule has 0 aliphatic carbocycles. The largest absolute Gasteiger partial charge is 0.383 e. The van der Waals surface area contributed by atoms with Crippen molar-refractivity contribution in [2.75, 3.05) is 33.4 Å². The van der Waals surface area contributed by atoms with Crippen LogP contribution in [0.15, 0.2) is 29.2 Å². The first-order valence-corrected chi connectivity index (χ1v) is 7.00. The third-order valence-corrected chi connectivity index (χ3v) is 3.70. The van der Waals surface area contributed by atoms with Crippen LogP contribution >= 0.6 is 0 Å². The highest BCUT2D eigenvalue weighted by Crippen LogP contribution is 2.12. The number of sulfonamides is 1. The minimum Gasteiger partial charge on any atom is -0.383 e. The summed E-state index contributed by atoms with van der Waals surface area (Å²) >= 11 is 0. The summed E-state index contributed by atoms with van der Waals surface area (Å²) in [7, 11) is -2.19. The topological polar surface area (TPSA) is 67.4 Å². The molecule has 7 heteroatoms. The number of rotatable bonds is 8. The van der Waals surface area contributed by atoms with Crippen LogP contribution in [0.2, 0.25) is 0 Å². The maximum Gasteiger partial charge on any atom is 0.243 e. The molecule has 0 saturated carbocycles. The van der Waals surface area contributed by atoms with Crippen molar-refractivity contribution in [1.29, 1.82) is 0 Å². The molecule has 0 bridgehead atoms. The SMILES string of the molecule is COCCNCCNS(=O)(=O)c1ccccc1F. The average Bonchev–Trinajstić information content (AvgIpc) is 2.34. The van der Waals surface area contributed by atoms with Crippen molar-refractivity contribution in [2.45, 2.75) is 4.90 Å². The summed E-state index contributed by atoms with van der Waals surface area (Å²) in [4.78, 5) is -0.332. The molecule has 0 aliphatic rings. The van der Waals surface area contributed by atoms with Gasteiger partial charge in [-0.1, -0.05) is 12.1 Å². The van der Waals surface area contributed by atoms with E-state index in [1.807, 2.05) is 0 Å². The fourth-order valence-electron chi connectivity index (χ4n) is 1.31. The summed E-state index contributed by atoms with van der Waals surface area (Å²) in [6, 6.07) is 5.27. The average molecular weight is 276 g/mol. The zero-order chi connectivity index (χ0) is 13.4. The van der Waals surface area contributed by atoms with Crippen LogP contribution in [0.1, 0.15) is 0 Å². The van der Waals surface area contributed by atoms with Gasteiger partial charge in [0, 0.05) is 26.7 Å². The van der Waals surface area contributed by atoms with Gasteiger partial charge in [-0.2, -0.15) is 0 Å². The van der Waals surface area contributed by atoms with Gasteiger partial charge in [0.2, 0.25) is 10.0 Å². The summed E-state index contributed by atoms with van der Waals surface area (Å²) < 4.78 is 43.9. The lowest BCUT2D eigenvalue weighted by molar-refractivity contribution is 0.199. The molecule has 0 radical (unpaired) electrons. The first-order valence-electron chi connectivity index (χ1n) is 5.52.